The van der Waals surface area contributed by atoms with Crippen molar-refractivity contribution in [1.82, 2.24) is 9.29 Å². The fourth-order valence-electron chi connectivity index (χ4n) is 2.61. The van der Waals surface area contributed by atoms with Gasteiger partial charge in [0.1, 0.15) is 10.7 Å². The number of nitrogens with one attached hydrogen (secondary N) is 1. The first-order valence-corrected chi connectivity index (χ1v) is 10.0. The van der Waals surface area contributed by atoms with Gasteiger partial charge in [-0.1, -0.05) is 23.2 Å². The van der Waals surface area contributed by atoms with Crippen molar-refractivity contribution in [1.29, 1.82) is 0 Å². The highest BCUT2D eigenvalue weighted by molar-refractivity contribution is 7.89. The molecular formula is C17H21Cl2N3O2S. The Bertz CT molecular complexity index is 829. The van der Waals surface area contributed by atoms with E-state index in [4.69, 9.17) is 23.2 Å². The third-order valence-electron chi connectivity index (χ3n) is 3.52. The lowest BCUT2D eigenvalue weighted by molar-refractivity contribution is 0.302. The van der Waals surface area contributed by atoms with Crippen molar-refractivity contribution in [3.05, 3.63) is 46.6 Å². The van der Waals surface area contributed by atoms with Gasteiger partial charge in [0.05, 0.1) is 10.7 Å². The van der Waals surface area contributed by atoms with E-state index < -0.39 is 10.0 Å². The number of pyridine rings is 1. The number of rotatable bonds is 6. The second-order valence-corrected chi connectivity index (χ2v) is 8.84. The molecule has 0 aliphatic heterocycles. The number of aromatic nitrogens is 1. The zero-order valence-corrected chi connectivity index (χ0v) is 16.8. The van der Waals surface area contributed by atoms with E-state index in [9.17, 15) is 8.42 Å². The lowest BCUT2D eigenvalue weighted by atomic mass is 10.3. The van der Waals surface area contributed by atoms with Crippen LogP contribution in [0.5, 0.6) is 0 Å². The first kappa shape index (κ1) is 20.0. The van der Waals surface area contributed by atoms with E-state index in [2.05, 4.69) is 10.3 Å². The quantitative estimate of drug-likeness (QED) is 0.744. The molecule has 0 saturated carbocycles. The first-order chi connectivity index (χ1) is 11.6. The number of hydrogen-bond donors (Lipinski definition) is 1. The summed E-state index contributed by atoms with van der Waals surface area (Å²) in [5.41, 5.74) is 0.600. The maximum Gasteiger partial charge on any atom is 0.245 e. The number of halogens is 2. The summed E-state index contributed by atoms with van der Waals surface area (Å²) in [7, 11) is -3.61. The number of hydrogen-bond acceptors (Lipinski definition) is 4. The standard InChI is InChI=1S/C17H21Cl2N3O2S/c1-11(2)22(12(3)4)25(23,24)14-6-8-17(20-10-14)21-16-9-13(18)5-7-15(16)19/h5-12H,1-4H3,(H,20,21). The van der Waals surface area contributed by atoms with Gasteiger partial charge in [-0.3, -0.25) is 0 Å². The third-order valence-corrected chi connectivity index (χ3v) is 6.32. The molecule has 0 aliphatic rings. The average Bonchev–Trinajstić information content (AvgIpc) is 2.50. The van der Waals surface area contributed by atoms with Crippen LogP contribution in [0.25, 0.3) is 0 Å². The van der Waals surface area contributed by atoms with Crippen LogP contribution in [0.3, 0.4) is 0 Å². The van der Waals surface area contributed by atoms with Crippen molar-refractivity contribution in [3.8, 4) is 0 Å². The average molecular weight is 402 g/mol. The zero-order valence-electron chi connectivity index (χ0n) is 14.5. The highest BCUT2D eigenvalue weighted by Crippen LogP contribution is 2.28. The monoisotopic (exact) mass is 401 g/mol. The summed E-state index contributed by atoms with van der Waals surface area (Å²) in [5.74, 6) is 0.476. The Balaban J connectivity index is 2.29. The van der Waals surface area contributed by atoms with Crippen LogP contribution in [-0.2, 0) is 10.0 Å². The van der Waals surface area contributed by atoms with Gasteiger partial charge in [-0.15, -0.1) is 0 Å². The lowest BCUT2D eigenvalue weighted by Gasteiger charge is -2.29. The summed E-state index contributed by atoms with van der Waals surface area (Å²) in [6, 6.07) is 7.87. The Morgan fingerprint density at radius 3 is 2.20 bits per heavy atom. The SMILES string of the molecule is CC(C)N(C(C)C)S(=O)(=O)c1ccc(Nc2cc(Cl)ccc2Cl)nc1. The van der Waals surface area contributed by atoms with E-state index in [-0.39, 0.29) is 17.0 Å². The summed E-state index contributed by atoms with van der Waals surface area (Å²) in [6.07, 6.45) is 1.34. The predicted molar refractivity (Wildman–Crippen MR) is 103 cm³/mol. The van der Waals surface area contributed by atoms with Gasteiger partial charge in [0.25, 0.3) is 0 Å². The normalized spacial score (nSPS) is 12.2. The molecule has 1 heterocycles. The van der Waals surface area contributed by atoms with E-state index >= 15 is 0 Å². The molecule has 1 aromatic carbocycles. The topological polar surface area (TPSA) is 62.3 Å². The van der Waals surface area contributed by atoms with E-state index in [0.717, 1.165) is 0 Å². The molecule has 0 aliphatic carbocycles. The molecule has 0 saturated heterocycles. The molecule has 2 rings (SSSR count). The molecule has 0 spiro atoms. The molecule has 5 nitrogen and oxygen atoms in total. The molecule has 0 unspecified atom stereocenters. The molecule has 2 aromatic rings. The van der Waals surface area contributed by atoms with Crippen LogP contribution >= 0.6 is 23.2 Å². The number of anilines is 2. The summed E-state index contributed by atoms with van der Waals surface area (Å²) < 4.78 is 27.1. The number of sulfonamides is 1. The first-order valence-electron chi connectivity index (χ1n) is 7.84. The second kappa shape index (κ2) is 7.91. The van der Waals surface area contributed by atoms with Crippen molar-refractivity contribution in [2.75, 3.05) is 5.32 Å². The highest BCUT2D eigenvalue weighted by Gasteiger charge is 2.29. The van der Waals surface area contributed by atoms with E-state index in [1.165, 1.54) is 16.6 Å². The van der Waals surface area contributed by atoms with E-state index in [1.54, 1.807) is 24.3 Å². The Labute approximate surface area is 159 Å². The number of benzene rings is 1. The zero-order chi connectivity index (χ0) is 18.8. The molecule has 8 heteroatoms. The van der Waals surface area contributed by atoms with Gasteiger partial charge in [0.2, 0.25) is 10.0 Å². The van der Waals surface area contributed by atoms with Gasteiger partial charge in [0, 0.05) is 23.3 Å². The number of nitrogens with zero attached hydrogens (tertiary/aromatic N) is 2. The minimum atomic E-state index is -3.61. The highest BCUT2D eigenvalue weighted by atomic mass is 35.5. The van der Waals surface area contributed by atoms with Crippen LogP contribution in [0.1, 0.15) is 27.7 Å². The maximum atomic E-state index is 12.8. The fourth-order valence-corrected chi connectivity index (χ4v) is 4.73. The molecule has 25 heavy (non-hydrogen) atoms. The third kappa shape index (κ3) is 4.64. The Morgan fingerprint density at radius 2 is 1.68 bits per heavy atom. The minimum Gasteiger partial charge on any atom is -0.339 e. The summed E-state index contributed by atoms with van der Waals surface area (Å²) in [5, 5.41) is 4.06. The smallest absolute Gasteiger partial charge is 0.245 e. The molecular weight excluding hydrogens is 381 g/mol. The van der Waals surface area contributed by atoms with Crippen LogP contribution in [0.15, 0.2) is 41.4 Å². The van der Waals surface area contributed by atoms with Crippen LogP contribution in [0.4, 0.5) is 11.5 Å². The van der Waals surface area contributed by atoms with Crippen molar-refractivity contribution >= 4 is 44.7 Å². The Morgan fingerprint density at radius 1 is 1.04 bits per heavy atom. The van der Waals surface area contributed by atoms with Gasteiger partial charge in [-0.05, 0) is 58.0 Å². The van der Waals surface area contributed by atoms with Gasteiger partial charge in [-0.25, -0.2) is 13.4 Å². The molecule has 1 N–H and O–H groups in total. The summed E-state index contributed by atoms with van der Waals surface area (Å²) >= 11 is 12.1. The van der Waals surface area contributed by atoms with Gasteiger partial charge >= 0.3 is 0 Å². The molecule has 0 radical (unpaired) electrons. The molecule has 0 fully saturated rings. The van der Waals surface area contributed by atoms with E-state index in [0.29, 0.717) is 21.6 Å². The molecule has 1 aromatic heterocycles. The van der Waals surface area contributed by atoms with Gasteiger partial charge in [0.15, 0.2) is 0 Å². The van der Waals surface area contributed by atoms with Crippen LogP contribution in [0, 0.1) is 0 Å². The van der Waals surface area contributed by atoms with Crippen molar-refractivity contribution in [3.63, 3.8) is 0 Å². The maximum absolute atomic E-state index is 12.8. The molecule has 0 bridgehead atoms. The van der Waals surface area contributed by atoms with Gasteiger partial charge < -0.3 is 5.32 Å². The summed E-state index contributed by atoms with van der Waals surface area (Å²) in [4.78, 5) is 4.34. The van der Waals surface area contributed by atoms with Crippen molar-refractivity contribution in [2.45, 2.75) is 44.7 Å². The van der Waals surface area contributed by atoms with Crippen LogP contribution in [0.2, 0.25) is 10.0 Å². The largest absolute Gasteiger partial charge is 0.339 e. The van der Waals surface area contributed by atoms with Gasteiger partial charge in [-0.2, -0.15) is 4.31 Å². The lowest BCUT2D eigenvalue weighted by Crippen LogP contribution is -2.41. The van der Waals surface area contributed by atoms with E-state index in [1.807, 2.05) is 27.7 Å². The van der Waals surface area contributed by atoms with Crippen LogP contribution < -0.4 is 5.32 Å². The predicted octanol–water partition coefficient (Wildman–Crippen LogP) is 4.94. The van der Waals surface area contributed by atoms with Crippen molar-refractivity contribution in [2.24, 2.45) is 0 Å². The molecule has 136 valence electrons. The molecule has 0 atom stereocenters. The Kier molecular flexibility index (Phi) is 6.32. The fraction of sp³-hybridized carbons (Fsp3) is 0.353. The van der Waals surface area contributed by atoms with Crippen molar-refractivity contribution < 1.29 is 8.42 Å². The molecule has 0 amide bonds. The Hall–Kier alpha value is -1.34. The van der Waals surface area contributed by atoms with Crippen LogP contribution in [-0.4, -0.2) is 29.8 Å². The summed E-state index contributed by atoms with van der Waals surface area (Å²) in [6.45, 7) is 7.40. The second-order valence-electron chi connectivity index (χ2n) is 6.15. The minimum absolute atomic E-state index is 0.145.